The second-order valence-corrected chi connectivity index (χ2v) is 6.82. The van der Waals surface area contributed by atoms with E-state index in [4.69, 9.17) is 30.2 Å². The van der Waals surface area contributed by atoms with E-state index in [1.165, 1.54) is 6.07 Å². The number of amides is 1. The van der Waals surface area contributed by atoms with Crippen LogP contribution in [0.1, 0.15) is 12.5 Å². The Balaban J connectivity index is 1.45. The first-order chi connectivity index (χ1) is 14.0. The third-order valence-electron chi connectivity index (χ3n) is 4.46. The summed E-state index contributed by atoms with van der Waals surface area (Å²) in [5, 5.41) is 3.87. The molecule has 0 fully saturated rings. The number of anilines is 1. The molecule has 7 nitrogen and oxygen atoms in total. The number of hydrogen-bond acceptors (Lipinski definition) is 6. The van der Waals surface area contributed by atoms with Gasteiger partial charge in [-0.3, -0.25) is 4.79 Å². The highest BCUT2D eigenvalue weighted by Gasteiger charge is 2.16. The topological polar surface area (TPSA) is 87.0 Å². The first-order valence-electron chi connectivity index (χ1n) is 9.12. The average molecular weight is 416 g/mol. The third-order valence-corrected chi connectivity index (χ3v) is 4.77. The van der Waals surface area contributed by atoms with Gasteiger partial charge in [0.1, 0.15) is 24.5 Å². The fourth-order valence-electron chi connectivity index (χ4n) is 3.09. The number of benzene rings is 2. The number of fused-ring (bicyclic) bond motifs is 2. The molecule has 0 unspecified atom stereocenters. The standard InChI is InChI=1S/C21H18ClNO6/c1-2-12-7-21(25)29-17-8-13(3-4-14(12)17)28-11-20(24)23-16-10-19-18(9-15(16)22)26-5-6-27-19/h3-4,7-10H,2,5-6,11H2,1H3,(H,23,24). The number of rotatable bonds is 5. The van der Waals surface area contributed by atoms with Crippen LogP contribution in [0.2, 0.25) is 5.02 Å². The Morgan fingerprint density at radius 1 is 1.14 bits per heavy atom. The van der Waals surface area contributed by atoms with Crippen molar-refractivity contribution in [2.24, 2.45) is 0 Å². The van der Waals surface area contributed by atoms with Gasteiger partial charge in [-0.15, -0.1) is 0 Å². The number of halogens is 1. The molecule has 29 heavy (non-hydrogen) atoms. The highest BCUT2D eigenvalue weighted by atomic mass is 35.5. The van der Waals surface area contributed by atoms with E-state index >= 15 is 0 Å². The first-order valence-corrected chi connectivity index (χ1v) is 9.50. The normalized spacial score (nSPS) is 12.6. The van der Waals surface area contributed by atoms with Crippen molar-refractivity contribution in [1.29, 1.82) is 0 Å². The lowest BCUT2D eigenvalue weighted by Crippen LogP contribution is -2.21. The van der Waals surface area contributed by atoms with Crippen LogP contribution in [0.5, 0.6) is 17.2 Å². The fraction of sp³-hybridized carbons (Fsp3) is 0.238. The minimum absolute atomic E-state index is 0.242. The van der Waals surface area contributed by atoms with E-state index in [1.807, 2.05) is 13.0 Å². The molecule has 0 spiro atoms. The second-order valence-electron chi connectivity index (χ2n) is 6.41. The van der Waals surface area contributed by atoms with E-state index < -0.39 is 11.5 Å². The van der Waals surface area contributed by atoms with Gasteiger partial charge in [0.15, 0.2) is 18.1 Å². The zero-order valence-electron chi connectivity index (χ0n) is 15.6. The van der Waals surface area contributed by atoms with Crippen LogP contribution >= 0.6 is 11.6 Å². The van der Waals surface area contributed by atoms with E-state index in [1.54, 1.807) is 24.3 Å². The highest BCUT2D eigenvalue weighted by Crippen LogP contribution is 2.37. The van der Waals surface area contributed by atoms with Crippen molar-refractivity contribution in [1.82, 2.24) is 0 Å². The molecular weight excluding hydrogens is 398 g/mol. The molecule has 1 aliphatic heterocycles. The Kier molecular flexibility index (Phi) is 5.31. The molecule has 1 N–H and O–H groups in total. The molecule has 0 bridgehead atoms. The van der Waals surface area contributed by atoms with Crippen LogP contribution in [0.25, 0.3) is 11.0 Å². The molecule has 0 saturated heterocycles. The molecule has 8 heteroatoms. The molecule has 2 aromatic carbocycles. The van der Waals surface area contributed by atoms with Gasteiger partial charge in [0.25, 0.3) is 5.91 Å². The quantitative estimate of drug-likeness (QED) is 0.638. The van der Waals surface area contributed by atoms with Gasteiger partial charge in [-0.25, -0.2) is 4.79 Å². The van der Waals surface area contributed by atoms with E-state index in [9.17, 15) is 9.59 Å². The molecule has 1 amide bonds. The molecular formula is C21H18ClNO6. The summed E-state index contributed by atoms with van der Waals surface area (Å²) in [6.45, 7) is 2.61. The maximum absolute atomic E-state index is 12.3. The number of nitrogens with one attached hydrogen (secondary N) is 1. The van der Waals surface area contributed by atoms with Gasteiger partial charge in [-0.2, -0.15) is 0 Å². The van der Waals surface area contributed by atoms with Gasteiger partial charge in [0.2, 0.25) is 0 Å². The Hall–Kier alpha value is -3.19. The Bertz CT molecular complexity index is 1140. The van der Waals surface area contributed by atoms with Crippen LogP contribution in [0.4, 0.5) is 5.69 Å². The van der Waals surface area contributed by atoms with Gasteiger partial charge in [0, 0.05) is 29.7 Å². The molecule has 0 aliphatic carbocycles. The third kappa shape index (κ3) is 4.14. The summed E-state index contributed by atoms with van der Waals surface area (Å²) in [6.07, 6.45) is 0.709. The van der Waals surface area contributed by atoms with Crippen molar-refractivity contribution < 1.29 is 23.4 Å². The number of ether oxygens (including phenoxy) is 3. The Morgan fingerprint density at radius 2 is 1.90 bits per heavy atom. The molecule has 2 heterocycles. The van der Waals surface area contributed by atoms with E-state index in [0.29, 0.717) is 53.2 Å². The maximum Gasteiger partial charge on any atom is 0.336 e. The van der Waals surface area contributed by atoms with Crippen molar-refractivity contribution in [3.8, 4) is 17.2 Å². The minimum Gasteiger partial charge on any atom is -0.486 e. The zero-order chi connectivity index (χ0) is 20.4. The van der Waals surface area contributed by atoms with Crippen LogP contribution in [-0.4, -0.2) is 25.7 Å². The number of aryl methyl sites for hydroxylation is 1. The summed E-state index contributed by atoms with van der Waals surface area (Å²) in [6, 6.07) is 9.83. The van der Waals surface area contributed by atoms with Gasteiger partial charge in [-0.1, -0.05) is 18.5 Å². The molecule has 150 valence electrons. The van der Waals surface area contributed by atoms with Crippen molar-refractivity contribution in [2.45, 2.75) is 13.3 Å². The summed E-state index contributed by atoms with van der Waals surface area (Å²) >= 11 is 6.20. The lowest BCUT2D eigenvalue weighted by Gasteiger charge is -2.20. The smallest absolute Gasteiger partial charge is 0.336 e. The molecule has 3 aromatic rings. The van der Waals surface area contributed by atoms with Crippen LogP contribution in [0.3, 0.4) is 0 Å². The summed E-state index contributed by atoms with van der Waals surface area (Å²) in [4.78, 5) is 24.0. The molecule has 0 saturated carbocycles. The molecule has 0 atom stereocenters. The van der Waals surface area contributed by atoms with Crippen molar-refractivity contribution >= 4 is 34.2 Å². The van der Waals surface area contributed by atoms with Crippen LogP contribution < -0.4 is 25.2 Å². The molecule has 1 aliphatic rings. The zero-order valence-corrected chi connectivity index (χ0v) is 16.4. The van der Waals surface area contributed by atoms with E-state index in [-0.39, 0.29) is 6.61 Å². The summed E-state index contributed by atoms with van der Waals surface area (Å²) < 4.78 is 21.7. The molecule has 1 aromatic heterocycles. The number of carbonyl (C=O) groups is 1. The van der Waals surface area contributed by atoms with E-state index in [0.717, 1.165) is 10.9 Å². The summed E-state index contributed by atoms with van der Waals surface area (Å²) in [7, 11) is 0. The van der Waals surface area contributed by atoms with Gasteiger partial charge < -0.3 is 23.9 Å². The maximum atomic E-state index is 12.3. The number of hydrogen-bond donors (Lipinski definition) is 1. The van der Waals surface area contributed by atoms with E-state index in [2.05, 4.69) is 5.32 Å². The van der Waals surface area contributed by atoms with Crippen LogP contribution in [0, 0.1) is 0 Å². The minimum atomic E-state index is -0.419. The largest absolute Gasteiger partial charge is 0.486 e. The van der Waals surface area contributed by atoms with Crippen molar-refractivity contribution in [3.63, 3.8) is 0 Å². The SMILES string of the molecule is CCc1cc(=O)oc2cc(OCC(=O)Nc3cc4c(cc3Cl)OCCO4)ccc12. The Morgan fingerprint density at radius 3 is 2.66 bits per heavy atom. The van der Waals surface area contributed by atoms with Crippen LogP contribution in [0.15, 0.2) is 45.6 Å². The van der Waals surface area contributed by atoms with Gasteiger partial charge >= 0.3 is 5.63 Å². The molecule has 4 rings (SSSR count). The van der Waals surface area contributed by atoms with Crippen LogP contribution in [-0.2, 0) is 11.2 Å². The van der Waals surface area contributed by atoms with Crippen molar-refractivity contribution in [2.75, 3.05) is 25.1 Å². The lowest BCUT2D eigenvalue weighted by molar-refractivity contribution is -0.118. The predicted molar refractivity (Wildman–Crippen MR) is 108 cm³/mol. The second kappa shape index (κ2) is 8.05. The molecule has 0 radical (unpaired) electrons. The summed E-state index contributed by atoms with van der Waals surface area (Å²) in [5.74, 6) is 1.08. The fourth-order valence-corrected chi connectivity index (χ4v) is 3.29. The van der Waals surface area contributed by atoms with Gasteiger partial charge in [-0.05, 0) is 24.1 Å². The monoisotopic (exact) mass is 415 g/mol. The Labute approximate surface area is 171 Å². The van der Waals surface area contributed by atoms with Gasteiger partial charge in [0.05, 0.1) is 10.7 Å². The van der Waals surface area contributed by atoms with Crippen molar-refractivity contribution in [3.05, 3.63) is 57.4 Å². The predicted octanol–water partition coefficient (Wildman–Crippen LogP) is 3.80. The average Bonchev–Trinajstić information content (AvgIpc) is 2.71. The summed E-state index contributed by atoms with van der Waals surface area (Å²) in [5.41, 5.74) is 1.30. The lowest BCUT2D eigenvalue weighted by atomic mass is 10.1. The number of carbonyl (C=O) groups excluding carboxylic acids is 1. The highest BCUT2D eigenvalue weighted by molar-refractivity contribution is 6.34. The first kappa shape index (κ1) is 19.1.